The van der Waals surface area contributed by atoms with Gasteiger partial charge >= 0.3 is 0 Å². The van der Waals surface area contributed by atoms with E-state index < -0.39 is 0 Å². The number of nitrogens with zero attached hydrogens (tertiary/aromatic N) is 2. The van der Waals surface area contributed by atoms with E-state index in [2.05, 4.69) is 23.6 Å². The largest absolute Gasteiger partial charge is 0.341 e. The molecule has 0 saturated carbocycles. The van der Waals surface area contributed by atoms with Crippen molar-refractivity contribution in [1.29, 1.82) is 0 Å². The Morgan fingerprint density at radius 1 is 1.16 bits per heavy atom. The molecule has 0 aromatic heterocycles. The van der Waals surface area contributed by atoms with Crippen LogP contribution < -0.4 is 5.73 Å². The van der Waals surface area contributed by atoms with Crippen molar-refractivity contribution in [3.05, 3.63) is 0 Å². The van der Waals surface area contributed by atoms with Crippen molar-refractivity contribution < 1.29 is 4.79 Å². The predicted molar refractivity (Wildman–Crippen MR) is 80.0 cm³/mol. The first-order valence-corrected chi connectivity index (χ1v) is 7.82. The maximum atomic E-state index is 12.6. The fourth-order valence-electron chi connectivity index (χ4n) is 2.87. The second kappa shape index (κ2) is 8.54. The molecule has 1 aliphatic heterocycles. The molecule has 1 rings (SSSR count). The molecule has 1 amide bonds. The second-order valence-corrected chi connectivity index (χ2v) is 5.89. The zero-order valence-electron chi connectivity index (χ0n) is 12.9. The molecule has 0 radical (unpaired) electrons. The van der Waals surface area contributed by atoms with E-state index in [0.29, 0.717) is 18.5 Å². The Kier molecular flexibility index (Phi) is 7.39. The lowest BCUT2D eigenvalue weighted by Gasteiger charge is -2.35. The Morgan fingerprint density at radius 2 is 1.74 bits per heavy atom. The molecule has 112 valence electrons. The smallest absolute Gasteiger partial charge is 0.239 e. The number of likely N-dealkylation sites (tertiary alicyclic amines) is 1. The number of amides is 1. The van der Waals surface area contributed by atoms with Crippen LogP contribution in [-0.4, -0.2) is 54.0 Å². The summed E-state index contributed by atoms with van der Waals surface area (Å²) >= 11 is 0. The summed E-state index contributed by atoms with van der Waals surface area (Å²) in [6.07, 6.45) is 5.79. The van der Waals surface area contributed by atoms with Gasteiger partial charge in [-0.3, -0.25) is 9.69 Å². The third-order valence-electron chi connectivity index (χ3n) is 4.06. The van der Waals surface area contributed by atoms with E-state index in [-0.39, 0.29) is 6.04 Å². The number of nitrogens with two attached hydrogens (primary N) is 1. The maximum absolute atomic E-state index is 12.6. The van der Waals surface area contributed by atoms with Crippen LogP contribution in [-0.2, 0) is 4.79 Å². The molecular weight excluding hydrogens is 238 g/mol. The molecule has 1 saturated heterocycles. The summed E-state index contributed by atoms with van der Waals surface area (Å²) in [5, 5.41) is 0. The normalized spacial score (nSPS) is 18.7. The second-order valence-electron chi connectivity index (χ2n) is 5.89. The molecule has 0 aliphatic carbocycles. The summed E-state index contributed by atoms with van der Waals surface area (Å²) in [6, 6.07) is 0.363. The summed E-state index contributed by atoms with van der Waals surface area (Å²) < 4.78 is 0. The van der Waals surface area contributed by atoms with Crippen molar-refractivity contribution in [2.75, 3.05) is 26.2 Å². The average Bonchev–Trinajstić information content (AvgIpc) is 2.66. The fraction of sp³-hybridized carbons (Fsp3) is 0.933. The summed E-state index contributed by atoms with van der Waals surface area (Å²) in [4.78, 5) is 17.0. The number of carbonyl (C=O) groups is 1. The molecule has 0 bridgehead atoms. The third-order valence-corrected chi connectivity index (χ3v) is 4.06. The van der Waals surface area contributed by atoms with Crippen molar-refractivity contribution in [3.8, 4) is 0 Å². The summed E-state index contributed by atoms with van der Waals surface area (Å²) in [7, 11) is 0. The molecule has 1 heterocycles. The minimum absolute atomic E-state index is 0.0235. The molecule has 0 spiro atoms. The van der Waals surface area contributed by atoms with Gasteiger partial charge in [-0.15, -0.1) is 0 Å². The molecule has 0 aromatic rings. The molecular formula is C15H31N3O. The minimum atomic E-state index is -0.0235. The van der Waals surface area contributed by atoms with Gasteiger partial charge in [0.25, 0.3) is 0 Å². The van der Waals surface area contributed by atoms with Gasteiger partial charge in [0.1, 0.15) is 0 Å². The lowest BCUT2D eigenvalue weighted by atomic mass is 10.1. The third kappa shape index (κ3) is 5.11. The zero-order chi connectivity index (χ0) is 14.3. The van der Waals surface area contributed by atoms with E-state index in [1.165, 1.54) is 12.8 Å². The quantitative estimate of drug-likeness (QED) is 0.800. The lowest BCUT2D eigenvalue weighted by Crippen LogP contribution is -2.50. The van der Waals surface area contributed by atoms with Gasteiger partial charge in [-0.1, -0.05) is 12.8 Å². The van der Waals surface area contributed by atoms with Crippen molar-refractivity contribution in [2.24, 2.45) is 5.73 Å². The highest BCUT2D eigenvalue weighted by molar-refractivity contribution is 5.81. The number of carbonyl (C=O) groups excluding carboxylic acids is 1. The molecule has 4 heteroatoms. The van der Waals surface area contributed by atoms with E-state index in [0.717, 1.165) is 38.9 Å². The van der Waals surface area contributed by atoms with Gasteiger partial charge in [0.2, 0.25) is 5.91 Å². The lowest BCUT2D eigenvalue weighted by molar-refractivity contribution is -0.137. The predicted octanol–water partition coefficient (Wildman–Crippen LogP) is 1.84. The van der Waals surface area contributed by atoms with Crippen LogP contribution in [0.2, 0.25) is 0 Å². The first-order valence-electron chi connectivity index (χ1n) is 7.82. The van der Waals surface area contributed by atoms with E-state index in [1.54, 1.807) is 0 Å². The molecule has 0 aromatic carbocycles. The van der Waals surface area contributed by atoms with Crippen LogP contribution in [0.4, 0.5) is 0 Å². The van der Waals surface area contributed by atoms with E-state index >= 15 is 0 Å². The van der Waals surface area contributed by atoms with E-state index in [1.807, 2.05) is 6.92 Å². The number of hydrogen-bond donors (Lipinski definition) is 1. The van der Waals surface area contributed by atoms with Crippen molar-refractivity contribution in [1.82, 2.24) is 9.80 Å². The Hall–Kier alpha value is -0.610. The summed E-state index contributed by atoms with van der Waals surface area (Å²) in [6.45, 7) is 9.83. The molecule has 1 aliphatic rings. The SMILES string of the molecule is CC(C)N(CCCN)C(C)C(=O)N1CCCCCC1. The monoisotopic (exact) mass is 269 g/mol. The first kappa shape index (κ1) is 16.4. The Labute approximate surface area is 118 Å². The molecule has 1 unspecified atom stereocenters. The topological polar surface area (TPSA) is 49.6 Å². The standard InChI is InChI=1S/C15H31N3O/c1-13(2)18(12-8-9-16)14(3)15(19)17-10-6-4-5-7-11-17/h13-14H,4-12,16H2,1-3H3. The Bertz CT molecular complexity index is 260. The van der Waals surface area contributed by atoms with E-state index in [9.17, 15) is 4.79 Å². The molecule has 1 fully saturated rings. The van der Waals surface area contributed by atoms with Crippen LogP contribution in [0.1, 0.15) is 52.9 Å². The molecule has 19 heavy (non-hydrogen) atoms. The summed E-state index contributed by atoms with van der Waals surface area (Å²) in [5.41, 5.74) is 5.59. The van der Waals surface area contributed by atoms with Crippen LogP contribution >= 0.6 is 0 Å². The van der Waals surface area contributed by atoms with E-state index in [4.69, 9.17) is 5.73 Å². The van der Waals surface area contributed by atoms with Crippen LogP contribution in [0.5, 0.6) is 0 Å². The molecule has 1 atom stereocenters. The van der Waals surface area contributed by atoms with Crippen molar-refractivity contribution in [3.63, 3.8) is 0 Å². The maximum Gasteiger partial charge on any atom is 0.239 e. The minimum Gasteiger partial charge on any atom is -0.341 e. The highest BCUT2D eigenvalue weighted by atomic mass is 16.2. The molecule has 4 nitrogen and oxygen atoms in total. The summed E-state index contributed by atoms with van der Waals surface area (Å²) in [5.74, 6) is 0.299. The zero-order valence-corrected chi connectivity index (χ0v) is 12.9. The highest BCUT2D eigenvalue weighted by Gasteiger charge is 2.27. The Morgan fingerprint density at radius 3 is 2.21 bits per heavy atom. The van der Waals surface area contributed by atoms with Crippen LogP contribution in [0.25, 0.3) is 0 Å². The fourth-order valence-corrected chi connectivity index (χ4v) is 2.87. The van der Waals surface area contributed by atoms with Gasteiger partial charge in [-0.05, 0) is 46.6 Å². The molecule has 2 N–H and O–H groups in total. The number of rotatable bonds is 6. The van der Waals surface area contributed by atoms with Crippen LogP contribution in [0.3, 0.4) is 0 Å². The van der Waals surface area contributed by atoms with Gasteiger partial charge in [-0.25, -0.2) is 0 Å². The highest BCUT2D eigenvalue weighted by Crippen LogP contribution is 2.14. The average molecular weight is 269 g/mol. The van der Waals surface area contributed by atoms with Gasteiger partial charge < -0.3 is 10.6 Å². The Balaban J connectivity index is 2.60. The van der Waals surface area contributed by atoms with Crippen LogP contribution in [0, 0.1) is 0 Å². The van der Waals surface area contributed by atoms with Gasteiger partial charge in [0.05, 0.1) is 6.04 Å². The van der Waals surface area contributed by atoms with Gasteiger partial charge in [0, 0.05) is 25.7 Å². The van der Waals surface area contributed by atoms with Crippen molar-refractivity contribution in [2.45, 2.75) is 65.0 Å². The first-order chi connectivity index (χ1) is 9.07. The van der Waals surface area contributed by atoms with Crippen molar-refractivity contribution >= 4 is 5.91 Å². The van der Waals surface area contributed by atoms with Crippen LogP contribution in [0.15, 0.2) is 0 Å². The van der Waals surface area contributed by atoms with Gasteiger partial charge in [0.15, 0.2) is 0 Å². The number of hydrogen-bond acceptors (Lipinski definition) is 3. The van der Waals surface area contributed by atoms with Gasteiger partial charge in [-0.2, -0.15) is 0 Å².